The van der Waals surface area contributed by atoms with E-state index < -0.39 is 0 Å². The molecule has 0 atom stereocenters. The van der Waals surface area contributed by atoms with Crippen LogP contribution in [0.5, 0.6) is 0 Å². The SMILES string of the molecule is CN(CC(=O)NCCC#N)Cc1cccc(Cl)c1. The second-order valence-corrected chi connectivity index (χ2v) is 4.50. The van der Waals surface area contributed by atoms with Crippen molar-refractivity contribution in [3.63, 3.8) is 0 Å². The fraction of sp³-hybridized carbons (Fsp3) is 0.385. The third-order valence-electron chi connectivity index (χ3n) is 2.31. The molecule has 18 heavy (non-hydrogen) atoms. The molecule has 0 unspecified atom stereocenters. The van der Waals surface area contributed by atoms with Gasteiger partial charge in [0.15, 0.2) is 0 Å². The molecule has 1 amide bonds. The van der Waals surface area contributed by atoms with Gasteiger partial charge in [0.2, 0.25) is 5.91 Å². The highest BCUT2D eigenvalue weighted by Gasteiger charge is 2.06. The van der Waals surface area contributed by atoms with Crippen LogP contribution in [-0.4, -0.2) is 30.9 Å². The summed E-state index contributed by atoms with van der Waals surface area (Å²) in [6, 6.07) is 9.53. The third-order valence-corrected chi connectivity index (χ3v) is 2.55. The highest BCUT2D eigenvalue weighted by Crippen LogP contribution is 2.11. The quantitative estimate of drug-likeness (QED) is 0.798. The van der Waals surface area contributed by atoms with Crippen LogP contribution in [0.1, 0.15) is 12.0 Å². The number of hydrogen-bond donors (Lipinski definition) is 1. The van der Waals surface area contributed by atoms with Crippen LogP contribution in [0.25, 0.3) is 0 Å². The zero-order chi connectivity index (χ0) is 13.4. The van der Waals surface area contributed by atoms with Gasteiger partial charge in [-0.1, -0.05) is 23.7 Å². The minimum atomic E-state index is -0.0743. The van der Waals surface area contributed by atoms with E-state index in [0.717, 1.165) is 5.56 Å². The maximum absolute atomic E-state index is 11.5. The van der Waals surface area contributed by atoms with Crippen molar-refractivity contribution in [3.8, 4) is 6.07 Å². The van der Waals surface area contributed by atoms with Gasteiger partial charge in [-0.05, 0) is 24.7 Å². The van der Waals surface area contributed by atoms with Crippen molar-refractivity contribution in [1.29, 1.82) is 5.26 Å². The molecule has 5 heteroatoms. The monoisotopic (exact) mass is 265 g/mol. The number of halogens is 1. The maximum atomic E-state index is 11.5. The summed E-state index contributed by atoms with van der Waals surface area (Å²) >= 11 is 5.89. The van der Waals surface area contributed by atoms with Crippen LogP contribution in [-0.2, 0) is 11.3 Å². The van der Waals surface area contributed by atoms with E-state index in [4.69, 9.17) is 16.9 Å². The third kappa shape index (κ3) is 5.67. The summed E-state index contributed by atoms with van der Waals surface area (Å²) < 4.78 is 0. The van der Waals surface area contributed by atoms with E-state index in [-0.39, 0.29) is 5.91 Å². The molecule has 1 aromatic rings. The van der Waals surface area contributed by atoms with Crippen LogP contribution < -0.4 is 5.32 Å². The largest absolute Gasteiger partial charge is 0.354 e. The molecule has 1 rings (SSSR count). The van der Waals surface area contributed by atoms with Crippen LogP contribution in [0.4, 0.5) is 0 Å². The first-order valence-electron chi connectivity index (χ1n) is 5.68. The molecule has 0 heterocycles. The second kappa shape index (κ2) is 7.70. The Balaban J connectivity index is 2.35. The van der Waals surface area contributed by atoms with Crippen LogP contribution in [0, 0.1) is 11.3 Å². The van der Waals surface area contributed by atoms with Gasteiger partial charge in [0.1, 0.15) is 0 Å². The van der Waals surface area contributed by atoms with E-state index in [1.165, 1.54) is 0 Å². The highest BCUT2D eigenvalue weighted by molar-refractivity contribution is 6.30. The lowest BCUT2D eigenvalue weighted by Gasteiger charge is -2.16. The first-order valence-corrected chi connectivity index (χ1v) is 6.06. The lowest BCUT2D eigenvalue weighted by molar-refractivity contribution is -0.122. The number of nitriles is 1. The van der Waals surface area contributed by atoms with Crippen LogP contribution in [0.2, 0.25) is 5.02 Å². The van der Waals surface area contributed by atoms with Crippen molar-refractivity contribution in [1.82, 2.24) is 10.2 Å². The fourth-order valence-electron chi connectivity index (χ4n) is 1.56. The Hall–Kier alpha value is -1.57. The Bertz CT molecular complexity index is 442. The molecule has 0 aromatic heterocycles. The van der Waals surface area contributed by atoms with Crippen LogP contribution >= 0.6 is 11.6 Å². The molecule has 96 valence electrons. The average molecular weight is 266 g/mol. The summed E-state index contributed by atoms with van der Waals surface area (Å²) in [7, 11) is 1.87. The lowest BCUT2D eigenvalue weighted by atomic mass is 10.2. The van der Waals surface area contributed by atoms with E-state index in [1.54, 1.807) is 0 Å². The number of amides is 1. The Morgan fingerprint density at radius 1 is 1.56 bits per heavy atom. The number of nitrogens with one attached hydrogen (secondary N) is 1. The molecule has 0 saturated carbocycles. The number of rotatable bonds is 6. The summed E-state index contributed by atoms with van der Waals surface area (Å²) in [5.41, 5.74) is 1.06. The van der Waals surface area contributed by atoms with Gasteiger partial charge >= 0.3 is 0 Å². The molecule has 0 radical (unpaired) electrons. The molecule has 0 aliphatic heterocycles. The number of hydrogen-bond acceptors (Lipinski definition) is 3. The highest BCUT2D eigenvalue weighted by atomic mass is 35.5. The van der Waals surface area contributed by atoms with Gasteiger partial charge in [-0.2, -0.15) is 5.26 Å². The molecule has 0 bridgehead atoms. The smallest absolute Gasteiger partial charge is 0.234 e. The van der Waals surface area contributed by atoms with E-state index in [1.807, 2.05) is 42.3 Å². The summed E-state index contributed by atoms with van der Waals surface area (Å²) in [5, 5.41) is 11.7. The molecule has 0 spiro atoms. The van der Waals surface area contributed by atoms with Gasteiger partial charge in [-0.3, -0.25) is 9.69 Å². The van der Waals surface area contributed by atoms with Gasteiger partial charge < -0.3 is 5.32 Å². The van der Waals surface area contributed by atoms with E-state index >= 15 is 0 Å². The van der Waals surface area contributed by atoms with Crippen molar-refractivity contribution >= 4 is 17.5 Å². The summed E-state index contributed by atoms with van der Waals surface area (Å²) in [6.45, 7) is 1.37. The standard InChI is InChI=1S/C13H16ClN3O/c1-17(10-13(18)16-7-3-6-15)9-11-4-2-5-12(14)8-11/h2,4-5,8H,3,7,9-10H2,1H3,(H,16,18). The fourth-order valence-corrected chi connectivity index (χ4v) is 1.77. The van der Waals surface area contributed by atoms with Crippen molar-refractivity contribution in [2.24, 2.45) is 0 Å². The maximum Gasteiger partial charge on any atom is 0.234 e. The van der Waals surface area contributed by atoms with E-state index in [9.17, 15) is 4.79 Å². The number of benzene rings is 1. The normalized spacial score (nSPS) is 10.1. The zero-order valence-electron chi connectivity index (χ0n) is 10.3. The Labute approximate surface area is 112 Å². The van der Waals surface area contributed by atoms with Crippen molar-refractivity contribution in [2.45, 2.75) is 13.0 Å². The molecule has 1 N–H and O–H groups in total. The number of nitrogens with zero attached hydrogens (tertiary/aromatic N) is 2. The van der Waals surface area contributed by atoms with Crippen molar-refractivity contribution in [3.05, 3.63) is 34.9 Å². The Morgan fingerprint density at radius 2 is 2.33 bits per heavy atom. The second-order valence-electron chi connectivity index (χ2n) is 4.06. The van der Waals surface area contributed by atoms with Crippen LogP contribution in [0.15, 0.2) is 24.3 Å². The summed E-state index contributed by atoms with van der Waals surface area (Å²) in [6.07, 6.45) is 0.337. The summed E-state index contributed by atoms with van der Waals surface area (Å²) in [4.78, 5) is 13.4. The molecular formula is C13H16ClN3O. The predicted molar refractivity (Wildman–Crippen MR) is 71.0 cm³/mol. The molecule has 0 fully saturated rings. The minimum absolute atomic E-state index is 0.0743. The average Bonchev–Trinajstić information content (AvgIpc) is 2.29. The molecule has 0 aliphatic carbocycles. The molecule has 0 saturated heterocycles. The van der Waals surface area contributed by atoms with Crippen molar-refractivity contribution < 1.29 is 4.79 Å². The van der Waals surface area contributed by atoms with Gasteiger partial charge in [0.05, 0.1) is 19.0 Å². The summed E-state index contributed by atoms with van der Waals surface area (Å²) in [5.74, 6) is -0.0743. The van der Waals surface area contributed by atoms with E-state index in [0.29, 0.717) is 31.1 Å². The predicted octanol–water partition coefficient (Wildman–Crippen LogP) is 1.80. The topological polar surface area (TPSA) is 56.1 Å². The zero-order valence-corrected chi connectivity index (χ0v) is 11.1. The van der Waals surface area contributed by atoms with Gasteiger partial charge in [0.25, 0.3) is 0 Å². The Kier molecular flexibility index (Phi) is 6.20. The van der Waals surface area contributed by atoms with E-state index in [2.05, 4.69) is 5.32 Å². The lowest BCUT2D eigenvalue weighted by Crippen LogP contribution is -2.35. The van der Waals surface area contributed by atoms with Crippen molar-refractivity contribution in [2.75, 3.05) is 20.1 Å². The minimum Gasteiger partial charge on any atom is -0.354 e. The number of carbonyl (C=O) groups is 1. The molecule has 4 nitrogen and oxygen atoms in total. The number of likely N-dealkylation sites (N-methyl/N-ethyl adjacent to an activating group) is 1. The molecule has 1 aromatic carbocycles. The van der Waals surface area contributed by atoms with Gasteiger partial charge in [-0.15, -0.1) is 0 Å². The first kappa shape index (κ1) is 14.5. The first-order chi connectivity index (χ1) is 8.61. The molecular weight excluding hydrogens is 250 g/mol. The Morgan fingerprint density at radius 3 is 3.00 bits per heavy atom. The van der Waals surface area contributed by atoms with Crippen LogP contribution in [0.3, 0.4) is 0 Å². The molecule has 0 aliphatic rings. The van der Waals surface area contributed by atoms with Gasteiger partial charge in [0, 0.05) is 18.1 Å². The number of carbonyl (C=O) groups excluding carboxylic acids is 1. The van der Waals surface area contributed by atoms with Gasteiger partial charge in [-0.25, -0.2) is 0 Å².